The monoisotopic (exact) mass is 194 g/mol. The zero-order valence-electron chi connectivity index (χ0n) is 7.50. The third kappa shape index (κ3) is 3.45. The van der Waals surface area contributed by atoms with Gasteiger partial charge in [-0.2, -0.15) is 5.26 Å². The molecule has 0 aliphatic heterocycles. The van der Waals surface area contributed by atoms with Crippen molar-refractivity contribution in [3.63, 3.8) is 0 Å². The average molecular weight is 195 g/mol. The predicted octanol–water partition coefficient (Wildman–Crippen LogP) is 2.30. The van der Waals surface area contributed by atoms with Crippen LogP contribution in [-0.2, 0) is 6.54 Å². The van der Waals surface area contributed by atoms with E-state index in [9.17, 15) is 0 Å². The number of rotatable bonds is 3. The normalized spacial score (nSPS) is 10.0. The van der Waals surface area contributed by atoms with E-state index in [1.54, 1.807) is 0 Å². The van der Waals surface area contributed by atoms with Crippen molar-refractivity contribution >= 4 is 11.6 Å². The van der Waals surface area contributed by atoms with E-state index < -0.39 is 0 Å². The smallest absolute Gasteiger partial charge is 0.0866 e. The Morgan fingerprint density at radius 1 is 1.38 bits per heavy atom. The first-order valence-electron chi connectivity index (χ1n) is 4.02. The molecular weight excluding hydrogens is 184 g/mol. The van der Waals surface area contributed by atoms with Gasteiger partial charge >= 0.3 is 0 Å². The molecule has 0 amide bonds. The summed E-state index contributed by atoms with van der Waals surface area (Å²) in [6.45, 7) is 1.23. The SMILES string of the molecule is CN(CC#N)Cc1ccc(Cl)cc1. The third-order valence-corrected chi connectivity index (χ3v) is 1.96. The Bertz CT molecular complexity index is 300. The lowest BCUT2D eigenvalue weighted by molar-refractivity contribution is 0.367. The van der Waals surface area contributed by atoms with E-state index in [1.807, 2.05) is 36.2 Å². The Kier molecular flexibility index (Phi) is 3.75. The molecule has 0 atom stereocenters. The van der Waals surface area contributed by atoms with Crippen molar-refractivity contribution in [3.8, 4) is 6.07 Å². The van der Waals surface area contributed by atoms with Gasteiger partial charge in [0.2, 0.25) is 0 Å². The maximum Gasteiger partial charge on any atom is 0.0866 e. The Morgan fingerprint density at radius 3 is 2.54 bits per heavy atom. The Hall–Kier alpha value is -1.04. The van der Waals surface area contributed by atoms with E-state index >= 15 is 0 Å². The fourth-order valence-electron chi connectivity index (χ4n) is 1.08. The minimum atomic E-state index is 0.447. The predicted molar refractivity (Wildman–Crippen MR) is 53.4 cm³/mol. The van der Waals surface area contributed by atoms with Crippen molar-refractivity contribution in [2.45, 2.75) is 6.54 Å². The van der Waals surface area contributed by atoms with Crippen LogP contribution in [0.5, 0.6) is 0 Å². The number of hydrogen-bond acceptors (Lipinski definition) is 2. The Morgan fingerprint density at radius 2 is 2.00 bits per heavy atom. The summed E-state index contributed by atoms with van der Waals surface area (Å²) in [5.74, 6) is 0. The molecule has 0 bridgehead atoms. The molecule has 0 unspecified atom stereocenters. The van der Waals surface area contributed by atoms with Gasteiger partial charge in [-0.25, -0.2) is 0 Å². The maximum absolute atomic E-state index is 8.45. The van der Waals surface area contributed by atoms with Crippen molar-refractivity contribution < 1.29 is 0 Å². The van der Waals surface area contributed by atoms with Gasteiger partial charge in [-0.3, -0.25) is 4.90 Å². The van der Waals surface area contributed by atoms with Gasteiger partial charge in [0.25, 0.3) is 0 Å². The Labute approximate surface area is 83.3 Å². The second-order valence-electron chi connectivity index (χ2n) is 2.96. The molecule has 0 aliphatic carbocycles. The zero-order valence-corrected chi connectivity index (χ0v) is 8.25. The van der Waals surface area contributed by atoms with E-state index in [0.29, 0.717) is 6.54 Å². The molecule has 0 N–H and O–H groups in total. The molecule has 0 heterocycles. The fraction of sp³-hybridized carbons (Fsp3) is 0.300. The first-order chi connectivity index (χ1) is 6.22. The average Bonchev–Trinajstić information content (AvgIpc) is 2.09. The lowest BCUT2D eigenvalue weighted by Gasteiger charge is -2.11. The van der Waals surface area contributed by atoms with E-state index in [-0.39, 0.29) is 0 Å². The molecule has 0 saturated heterocycles. The molecule has 3 heteroatoms. The van der Waals surface area contributed by atoms with Gasteiger partial charge in [0.15, 0.2) is 0 Å². The number of halogens is 1. The van der Waals surface area contributed by atoms with Crippen LogP contribution in [0.25, 0.3) is 0 Å². The van der Waals surface area contributed by atoms with Crippen LogP contribution in [0.3, 0.4) is 0 Å². The molecule has 0 radical (unpaired) electrons. The lowest BCUT2D eigenvalue weighted by Crippen LogP contribution is -2.17. The summed E-state index contributed by atoms with van der Waals surface area (Å²) in [6, 6.07) is 9.75. The van der Waals surface area contributed by atoms with Crippen molar-refractivity contribution in [2.24, 2.45) is 0 Å². The van der Waals surface area contributed by atoms with Crippen LogP contribution in [0.2, 0.25) is 5.02 Å². The summed E-state index contributed by atoms with van der Waals surface area (Å²) in [7, 11) is 1.91. The lowest BCUT2D eigenvalue weighted by atomic mass is 10.2. The second kappa shape index (κ2) is 4.86. The third-order valence-electron chi connectivity index (χ3n) is 1.71. The van der Waals surface area contributed by atoms with Gasteiger partial charge in [0, 0.05) is 11.6 Å². The first-order valence-corrected chi connectivity index (χ1v) is 4.40. The molecule has 1 aromatic carbocycles. The fourth-order valence-corrected chi connectivity index (χ4v) is 1.20. The number of nitriles is 1. The van der Waals surface area contributed by atoms with Gasteiger partial charge in [0.1, 0.15) is 0 Å². The number of hydrogen-bond donors (Lipinski definition) is 0. The largest absolute Gasteiger partial charge is 0.289 e. The number of benzene rings is 1. The maximum atomic E-state index is 8.45. The summed E-state index contributed by atoms with van der Waals surface area (Å²) in [5, 5.41) is 9.19. The molecule has 68 valence electrons. The van der Waals surface area contributed by atoms with Crippen molar-refractivity contribution in [3.05, 3.63) is 34.9 Å². The standard InChI is InChI=1S/C10H11ClN2/c1-13(7-6-12)8-9-2-4-10(11)5-3-9/h2-5H,7-8H2,1H3. The first kappa shape index (κ1) is 10.0. The van der Waals surface area contributed by atoms with Crippen LogP contribution in [0.1, 0.15) is 5.56 Å². The van der Waals surface area contributed by atoms with Crippen molar-refractivity contribution in [1.82, 2.24) is 4.90 Å². The molecule has 0 aromatic heterocycles. The summed E-state index contributed by atoms with van der Waals surface area (Å²) in [5.41, 5.74) is 1.17. The minimum absolute atomic E-state index is 0.447. The highest BCUT2D eigenvalue weighted by atomic mass is 35.5. The zero-order chi connectivity index (χ0) is 9.68. The summed E-state index contributed by atoms with van der Waals surface area (Å²) >= 11 is 5.74. The molecular formula is C10H11ClN2. The van der Waals surface area contributed by atoms with E-state index in [0.717, 1.165) is 11.6 Å². The molecule has 2 nitrogen and oxygen atoms in total. The van der Waals surface area contributed by atoms with Gasteiger partial charge in [-0.1, -0.05) is 23.7 Å². The number of nitrogens with zero attached hydrogens (tertiary/aromatic N) is 2. The van der Waals surface area contributed by atoms with Gasteiger partial charge in [0.05, 0.1) is 12.6 Å². The van der Waals surface area contributed by atoms with Crippen LogP contribution >= 0.6 is 11.6 Å². The quantitative estimate of drug-likeness (QED) is 0.691. The molecule has 0 saturated carbocycles. The molecule has 13 heavy (non-hydrogen) atoms. The highest BCUT2D eigenvalue weighted by Crippen LogP contribution is 2.10. The van der Waals surface area contributed by atoms with Gasteiger partial charge < -0.3 is 0 Å². The van der Waals surface area contributed by atoms with Gasteiger partial charge in [-0.05, 0) is 24.7 Å². The van der Waals surface area contributed by atoms with Crippen LogP contribution in [-0.4, -0.2) is 18.5 Å². The van der Waals surface area contributed by atoms with E-state index in [1.165, 1.54) is 5.56 Å². The molecule has 0 spiro atoms. The van der Waals surface area contributed by atoms with Crippen molar-refractivity contribution in [2.75, 3.05) is 13.6 Å². The summed E-state index contributed by atoms with van der Waals surface area (Å²) in [6.07, 6.45) is 0. The van der Waals surface area contributed by atoms with Crippen molar-refractivity contribution in [1.29, 1.82) is 5.26 Å². The van der Waals surface area contributed by atoms with Gasteiger partial charge in [-0.15, -0.1) is 0 Å². The highest BCUT2D eigenvalue weighted by molar-refractivity contribution is 6.30. The summed E-state index contributed by atoms with van der Waals surface area (Å²) < 4.78 is 0. The van der Waals surface area contributed by atoms with Crippen LogP contribution < -0.4 is 0 Å². The minimum Gasteiger partial charge on any atom is -0.289 e. The molecule has 1 aromatic rings. The highest BCUT2D eigenvalue weighted by Gasteiger charge is 1.98. The Balaban J connectivity index is 2.55. The van der Waals surface area contributed by atoms with E-state index in [4.69, 9.17) is 16.9 Å². The molecule has 0 aliphatic rings. The molecule has 1 rings (SSSR count). The second-order valence-corrected chi connectivity index (χ2v) is 3.39. The van der Waals surface area contributed by atoms with Crippen LogP contribution in [0.4, 0.5) is 0 Å². The summed E-state index contributed by atoms with van der Waals surface area (Å²) in [4.78, 5) is 1.95. The van der Waals surface area contributed by atoms with Crippen LogP contribution in [0, 0.1) is 11.3 Å². The topological polar surface area (TPSA) is 27.0 Å². The molecule has 0 fully saturated rings. The van der Waals surface area contributed by atoms with E-state index in [2.05, 4.69) is 6.07 Å². The van der Waals surface area contributed by atoms with Crippen LogP contribution in [0.15, 0.2) is 24.3 Å².